The fourth-order valence-corrected chi connectivity index (χ4v) is 2.79. The molecule has 2 rings (SSSR count). The highest BCUT2D eigenvalue weighted by atomic mass is 14.9. The van der Waals surface area contributed by atoms with Crippen molar-refractivity contribution in [1.82, 2.24) is 5.32 Å². The highest BCUT2D eigenvalue weighted by molar-refractivity contribution is 5.29. The normalized spacial score (nSPS) is 18.2. The van der Waals surface area contributed by atoms with E-state index in [-0.39, 0.29) is 6.04 Å². The predicted octanol–water partition coefficient (Wildman–Crippen LogP) is 4.30. The highest BCUT2D eigenvalue weighted by Crippen LogP contribution is 2.23. The molecule has 2 heteroatoms. The monoisotopic (exact) mass is 256 g/mol. The smallest absolute Gasteiger partial charge is 0.121 e. The molecule has 1 aromatic rings. The van der Waals surface area contributed by atoms with Crippen molar-refractivity contribution in [1.29, 1.82) is 5.26 Å². The lowest BCUT2D eigenvalue weighted by atomic mass is 9.93. The van der Waals surface area contributed by atoms with Gasteiger partial charge in [-0.05, 0) is 29.9 Å². The van der Waals surface area contributed by atoms with Crippen molar-refractivity contribution < 1.29 is 0 Å². The van der Waals surface area contributed by atoms with Gasteiger partial charge in [-0.15, -0.1) is 0 Å². The molecule has 1 aliphatic rings. The number of nitriles is 1. The number of nitrogens with one attached hydrogen (secondary N) is 1. The molecule has 1 aromatic carbocycles. The largest absolute Gasteiger partial charge is 0.295 e. The molecule has 2 nitrogen and oxygen atoms in total. The van der Waals surface area contributed by atoms with E-state index in [1.807, 2.05) is 0 Å². The third-order valence-corrected chi connectivity index (χ3v) is 4.07. The Kier molecular flexibility index (Phi) is 4.99. The molecule has 1 atom stereocenters. The lowest BCUT2D eigenvalue weighted by Gasteiger charge is -2.25. The summed E-state index contributed by atoms with van der Waals surface area (Å²) in [6.07, 6.45) is 6.35. The zero-order chi connectivity index (χ0) is 13.7. The van der Waals surface area contributed by atoms with E-state index in [9.17, 15) is 5.26 Å². The summed E-state index contributed by atoms with van der Waals surface area (Å²) in [4.78, 5) is 0. The molecule has 0 spiro atoms. The van der Waals surface area contributed by atoms with E-state index in [2.05, 4.69) is 49.5 Å². The van der Waals surface area contributed by atoms with E-state index in [0.29, 0.717) is 12.0 Å². The Morgan fingerprint density at radius 2 is 1.63 bits per heavy atom. The van der Waals surface area contributed by atoms with Crippen LogP contribution < -0.4 is 5.32 Å². The van der Waals surface area contributed by atoms with Crippen LogP contribution in [0.2, 0.25) is 0 Å². The predicted molar refractivity (Wildman–Crippen MR) is 78.9 cm³/mol. The van der Waals surface area contributed by atoms with Gasteiger partial charge in [-0.3, -0.25) is 5.32 Å². The van der Waals surface area contributed by atoms with Crippen molar-refractivity contribution in [3.8, 4) is 6.07 Å². The first-order valence-corrected chi connectivity index (χ1v) is 7.46. The Labute approximate surface area is 116 Å². The lowest BCUT2D eigenvalue weighted by molar-refractivity contribution is 0.360. The van der Waals surface area contributed by atoms with Gasteiger partial charge in [0.25, 0.3) is 0 Å². The molecule has 0 saturated heterocycles. The van der Waals surface area contributed by atoms with Gasteiger partial charge < -0.3 is 0 Å². The molecule has 1 N–H and O–H groups in total. The molecular weight excluding hydrogens is 232 g/mol. The van der Waals surface area contributed by atoms with Crippen LogP contribution in [-0.4, -0.2) is 6.04 Å². The number of rotatable bonds is 4. The number of hydrogen-bond acceptors (Lipinski definition) is 2. The molecule has 0 heterocycles. The molecule has 0 amide bonds. The zero-order valence-electron chi connectivity index (χ0n) is 12.0. The van der Waals surface area contributed by atoms with Gasteiger partial charge in [-0.2, -0.15) is 5.26 Å². The molecule has 0 aliphatic heterocycles. The number of benzene rings is 1. The van der Waals surface area contributed by atoms with Crippen LogP contribution >= 0.6 is 0 Å². The van der Waals surface area contributed by atoms with Gasteiger partial charge in [-0.1, -0.05) is 57.4 Å². The summed E-state index contributed by atoms with van der Waals surface area (Å²) in [6, 6.07) is 11.2. The summed E-state index contributed by atoms with van der Waals surface area (Å²) in [6.45, 7) is 4.38. The van der Waals surface area contributed by atoms with Crippen molar-refractivity contribution in [2.75, 3.05) is 0 Å². The van der Waals surface area contributed by atoms with Crippen molar-refractivity contribution in [2.24, 2.45) is 0 Å². The fraction of sp³-hybridized carbons (Fsp3) is 0.588. The van der Waals surface area contributed by atoms with Gasteiger partial charge >= 0.3 is 0 Å². The minimum Gasteiger partial charge on any atom is -0.295 e. The first-order valence-electron chi connectivity index (χ1n) is 7.46. The van der Waals surface area contributed by atoms with Crippen molar-refractivity contribution in [2.45, 2.75) is 64.0 Å². The van der Waals surface area contributed by atoms with E-state index >= 15 is 0 Å². The molecule has 1 saturated carbocycles. The Balaban J connectivity index is 2.02. The average Bonchev–Trinajstić information content (AvgIpc) is 2.46. The second kappa shape index (κ2) is 6.73. The lowest BCUT2D eigenvalue weighted by Crippen LogP contribution is -2.33. The summed E-state index contributed by atoms with van der Waals surface area (Å²) >= 11 is 0. The van der Waals surface area contributed by atoms with Gasteiger partial charge in [0.2, 0.25) is 0 Å². The third kappa shape index (κ3) is 3.81. The SMILES string of the molecule is CC(C)c1ccc(C(C#N)NC2CCCCC2)cc1. The van der Waals surface area contributed by atoms with Gasteiger partial charge in [0.05, 0.1) is 6.07 Å². The minimum atomic E-state index is -0.163. The Bertz CT molecular complexity index is 422. The summed E-state index contributed by atoms with van der Waals surface area (Å²) < 4.78 is 0. The maximum Gasteiger partial charge on any atom is 0.121 e. The summed E-state index contributed by atoms with van der Waals surface area (Å²) in [5.41, 5.74) is 2.43. The summed E-state index contributed by atoms with van der Waals surface area (Å²) in [5.74, 6) is 0.542. The second-order valence-corrected chi connectivity index (χ2v) is 5.89. The van der Waals surface area contributed by atoms with E-state index in [1.54, 1.807) is 0 Å². The second-order valence-electron chi connectivity index (χ2n) is 5.89. The molecule has 0 radical (unpaired) electrons. The van der Waals surface area contributed by atoms with Crippen LogP contribution in [0.1, 0.15) is 69.0 Å². The van der Waals surface area contributed by atoms with Crippen LogP contribution in [0.15, 0.2) is 24.3 Å². The summed E-state index contributed by atoms with van der Waals surface area (Å²) in [5, 5.41) is 12.9. The van der Waals surface area contributed by atoms with Crippen molar-refractivity contribution >= 4 is 0 Å². The topological polar surface area (TPSA) is 35.8 Å². The molecule has 102 valence electrons. The molecule has 1 aliphatic carbocycles. The van der Waals surface area contributed by atoms with Crippen LogP contribution in [-0.2, 0) is 0 Å². The maximum absolute atomic E-state index is 9.38. The van der Waals surface area contributed by atoms with Gasteiger partial charge in [0.1, 0.15) is 6.04 Å². The molecule has 19 heavy (non-hydrogen) atoms. The molecule has 1 unspecified atom stereocenters. The Morgan fingerprint density at radius 3 is 2.16 bits per heavy atom. The molecule has 0 aromatic heterocycles. The highest BCUT2D eigenvalue weighted by Gasteiger charge is 2.18. The van der Waals surface area contributed by atoms with Crippen LogP contribution in [0.5, 0.6) is 0 Å². The van der Waals surface area contributed by atoms with Crippen LogP contribution in [0.25, 0.3) is 0 Å². The van der Waals surface area contributed by atoms with Crippen LogP contribution in [0, 0.1) is 11.3 Å². The maximum atomic E-state index is 9.38. The van der Waals surface area contributed by atoms with Gasteiger partial charge in [-0.25, -0.2) is 0 Å². The Hall–Kier alpha value is -1.33. The quantitative estimate of drug-likeness (QED) is 0.872. The standard InChI is InChI=1S/C17H24N2/c1-13(2)14-8-10-15(11-9-14)17(12-18)19-16-6-4-3-5-7-16/h8-11,13,16-17,19H,3-7H2,1-2H3. The van der Waals surface area contributed by atoms with Gasteiger partial charge in [0, 0.05) is 6.04 Å². The molecular formula is C17H24N2. The minimum absolute atomic E-state index is 0.163. The fourth-order valence-electron chi connectivity index (χ4n) is 2.79. The third-order valence-electron chi connectivity index (χ3n) is 4.07. The van der Waals surface area contributed by atoms with E-state index < -0.39 is 0 Å². The molecule has 0 bridgehead atoms. The first-order chi connectivity index (χ1) is 9.20. The zero-order valence-corrected chi connectivity index (χ0v) is 12.0. The Morgan fingerprint density at radius 1 is 1.05 bits per heavy atom. The average molecular weight is 256 g/mol. The van der Waals surface area contributed by atoms with Crippen LogP contribution in [0.4, 0.5) is 0 Å². The van der Waals surface area contributed by atoms with E-state index in [4.69, 9.17) is 0 Å². The first kappa shape index (κ1) is 14.1. The van der Waals surface area contributed by atoms with E-state index in [0.717, 1.165) is 5.56 Å². The van der Waals surface area contributed by atoms with Crippen molar-refractivity contribution in [3.05, 3.63) is 35.4 Å². The molecule has 1 fully saturated rings. The van der Waals surface area contributed by atoms with Crippen molar-refractivity contribution in [3.63, 3.8) is 0 Å². The van der Waals surface area contributed by atoms with Crippen LogP contribution in [0.3, 0.4) is 0 Å². The number of hydrogen-bond donors (Lipinski definition) is 1. The van der Waals surface area contributed by atoms with Gasteiger partial charge in [0.15, 0.2) is 0 Å². The van der Waals surface area contributed by atoms with E-state index in [1.165, 1.54) is 37.7 Å². The summed E-state index contributed by atoms with van der Waals surface area (Å²) in [7, 11) is 0. The number of nitrogens with zero attached hydrogens (tertiary/aromatic N) is 1.